The maximum atomic E-state index is 9.50. The Labute approximate surface area is 102 Å². The SMILES string of the molecule is N=C(N)C(CN1CCC(O)C1)c1ccccc1. The Balaban J connectivity index is 2.06. The molecule has 2 atom stereocenters. The fraction of sp³-hybridized carbons (Fsp3) is 0.462. The molecule has 1 heterocycles. The van der Waals surface area contributed by atoms with E-state index in [1.165, 1.54) is 0 Å². The summed E-state index contributed by atoms with van der Waals surface area (Å²) in [7, 11) is 0. The van der Waals surface area contributed by atoms with E-state index in [0.717, 1.165) is 25.1 Å². The summed E-state index contributed by atoms with van der Waals surface area (Å²) >= 11 is 0. The summed E-state index contributed by atoms with van der Waals surface area (Å²) in [6, 6.07) is 9.88. The number of hydrogen-bond acceptors (Lipinski definition) is 3. The van der Waals surface area contributed by atoms with Crippen LogP contribution in [0.15, 0.2) is 30.3 Å². The number of aliphatic hydroxyl groups excluding tert-OH is 1. The molecular formula is C13H19N3O. The minimum atomic E-state index is -0.224. The van der Waals surface area contributed by atoms with Gasteiger partial charge in [0.15, 0.2) is 0 Å². The summed E-state index contributed by atoms with van der Waals surface area (Å²) in [6.07, 6.45) is 0.595. The molecule has 4 heteroatoms. The number of aliphatic hydroxyl groups is 1. The number of benzene rings is 1. The van der Waals surface area contributed by atoms with E-state index in [4.69, 9.17) is 11.1 Å². The van der Waals surface area contributed by atoms with Crippen LogP contribution in [0.4, 0.5) is 0 Å². The molecule has 2 unspecified atom stereocenters. The minimum Gasteiger partial charge on any atom is -0.392 e. The number of hydrogen-bond donors (Lipinski definition) is 3. The Bertz CT molecular complexity index is 380. The van der Waals surface area contributed by atoms with E-state index >= 15 is 0 Å². The third-order valence-electron chi connectivity index (χ3n) is 3.27. The summed E-state index contributed by atoms with van der Waals surface area (Å²) in [6.45, 7) is 2.30. The molecule has 1 aromatic carbocycles. The van der Waals surface area contributed by atoms with Gasteiger partial charge in [0, 0.05) is 19.6 Å². The Morgan fingerprint density at radius 2 is 2.18 bits per heavy atom. The highest BCUT2D eigenvalue weighted by atomic mass is 16.3. The minimum absolute atomic E-state index is 0.0681. The monoisotopic (exact) mass is 233 g/mol. The Hall–Kier alpha value is -1.39. The lowest BCUT2D eigenvalue weighted by Gasteiger charge is -2.22. The first kappa shape index (κ1) is 12.1. The Morgan fingerprint density at radius 3 is 2.71 bits per heavy atom. The lowest BCUT2D eigenvalue weighted by Crippen LogP contribution is -2.33. The molecule has 0 saturated carbocycles. The predicted molar refractivity (Wildman–Crippen MR) is 68.2 cm³/mol. The van der Waals surface area contributed by atoms with E-state index in [2.05, 4.69) is 4.90 Å². The topological polar surface area (TPSA) is 73.3 Å². The van der Waals surface area contributed by atoms with Crippen molar-refractivity contribution >= 4 is 5.84 Å². The van der Waals surface area contributed by atoms with Gasteiger partial charge in [0.25, 0.3) is 0 Å². The first-order chi connectivity index (χ1) is 8.16. The van der Waals surface area contributed by atoms with Crippen LogP contribution >= 0.6 is 0 Å². The fourth-order valence-corrected chi connectivity index (χ4v) is 2.30. The van der Waals surface area contributed by atoms with Crippen molar-refractivity contribution < 1.29 is 5.11 Å². The zero-order chi connectivity index (χ0) is 12.3. The fourth-order valence-electron chi connectivity index (χ4n) is 2.30. The maximum absolute atomic E-state index is 9.50. The third kappa shape index (κ3) is 3.05. The molecule has 17 heavy (non-hydrogen) atoms. The Morgan fingerprint density at radius 1 is 1.47 bits per heavy atom. The molecule has 0 aromatic heterocycles. The van der Waals surface area contributed by atoms with E-state index in [1.807, 2.05) is 30.3 Å². The zero-order valence-corrected chi connectivity index (χ0v) is 9.84. The molecule has 1 fully saturated rings. The summed E-state index contributed by atoms with van der Waals surface area (Å²) in [5, 5.41) is 17.2. The molecule has 4 N–H and O–H groups in total. The van der Waals surface area contributed by atoms with Crippen molar-refractivity contribution in [2.75, 3.05) is 19.6 Å². The number of amidine groups is 1. The summed E-state index contributed by atoms with van der Waals surface area (Å²) in [4.78, 5) is 2.17. The van der Waals surface area contributed by atoms with Gasteiger partial charge in [0.1, 0.15) is 0 Å². The van der Waals surface area contributed by atoms with E-state index in [-0.39, 0.29) is 17.9 Å². The van der Waals surface area contributed by atoms with Crippen LogP contribution in [-0.4, -0.2) is 41.6 Å². The second-order valence-electron chi connectivity index (χ2n) is 4.62. The van der Waals surface area contributed by atoms with E-state index in [1.54, 1.807) is 0 Å². The third-order valence-corrected chi connectivity index (χ3v) is 3.27. The molecular weight excluding hydrogens is 214 g/mol. The number of likely N-dealkylation sites (tertiary alicyclic amines) is 1. The van der Waals surface area contributed by atoms with Gasteiger partial charge in [0.2, 0.25) is 0 Å². The molecule has 1 aliphatic heterocycles. The highest BCUT2D eigenvalue weighted by Crippen LogP contribution is 2.19. The first-order valence-corrected chi connectivity index (χ1v) is 5.96. The van der Waals surface area contributed by atoms with Crippen molar-refractivity contribution in [1.82, 2.24) is 4.90 Å². The van der Waals surface area contributed by atoms with Crippen LogP contribution in [0.2, 0.25) is 0 Å². The van der Waals surface area contributed by atoms with Crippen molar-refractivity contribution in [2.24, 2.45) is 5.73 Å². The van der Waals surface area contributed by atoms with Crippen LogP contribution in [-0.2, 0) is 0 Å². The van der Waals surface area contributed by atoms with Crippen molar-refractivity contribution in [3.8, 4) is 0 Å². The van der Waals surface area contributed by atoms with Gasteiger partial charge in [-0.2, -0.15) is 0 Å². The van der Waals surface area contributed by atoms with Gasteiger partial charge >= 0.3 is 0 Å². The van der Waals surface area contributed by atoms with Crippen LogP contribution < -0.4 is 5.73 Å². The van der Waals surface area contributed by atoms with Crippen molar-refractivity contribution in [3.05, 3.63) is 35.9 Å². The van der Waals surface area contributed by atoms with Gasteiger partial charge in [-0.15, -0.1) is 0 Å². The number of nitrogens with one attached hydrogen (secondary N) is 1. The van der Waals surface area contributed by atoms with Crippen LogP contribution in [0, 0.1) is 5.41 Å². The van der Waals surface area contributed by atoms with E-state index in [0.29, 0.717) is 6.54 Å². The molecule has 0 spiro atoms. The quantitative estimate of drug-likeness (QED) is 0.531. The predicted octanol–water partition coefficient (Wildman–Crippen LogP) is 0.773. The summed E-state index contributed by atoms with van der Waals surface area (Å²) < 4.78 is 0. The lowest BCUT2D eigenvalue weighted by molar-refractivity contribution is 0.176. The van der Waals surface area contributed by atoms with Gasteiger partial charge in [-0.05, 0) is 12.0 Å². The van der Waals surface area contributed by atoms with Gasteiger partial charge < -0.3 is 10.8 Å². The van der Waals surface area contributed by atoms with E-state index in [9.17, 15) is 5.11 Å². The largest absolute Gasteiger partial charge is 0.392 e. The van der Waals surface area contributed by atoms with Crippen LogP contribution in [0.25, 0.3) is 0 Å². The van der Waals surface area contributed by atoms with Crippen LogP contribution in [0.5, 0.6) is 0 Å². The smallest absolute Gasteiger partial charge is 0.0995 e. The van der Waals surface area contributed by atoms with Gasteiger partial charge in [0.05, 0.1) is 17.9 Å². The number of β-amino-alcohol motifs (C(OH)–C–C–N with tert-alkyl or cyclic N) is 1. The van der Waals surface area contributed by atoms with Crippen LogP contribution in [0.1, 0.15) is 17.9 Å². The highest BCUT2D eigenvalue weighted by Gasteiger charge is 2.24. The maximum Gasteiger partial charge on any atom is 0.0995 e. The molecule has 0 aliphatic carbocycles. The average molecular weight is 233 g/mol. The molecule has 1 aromatic rings. The van der Waals surface area contributed by atoms with Crippen molar-refractivity contribution in [2.45, 2.75) is 18.4 Å². The number of nitrogens with two attached hydrogens (primary N) is 1. The second kappa shape index (κ2) is 5.29. The molecule has 2 rings (SSSR count). The normalized spacial score (nSPS) is 22.5. The molecule has 0 bridgehead atoms. The summed E-state index contributed by atoms with van der Waals surface area (Å²) in [5.74, 6) is 0.124. The van der Waals surface area contributed by atoms with Gasteiger partial charge in [-0.1, -0.05) is 30.3 Å². The van der Waals surface area contributed by atoms with Crippen LogP contribution in [0.3, 0.4) is 0 Å². The lowest BCUT2D eigenvalue weighted by atomic mass is 9.97. The highest BCUT2D eigenvalue weighted by molar-refractivity contribution is 5.84. The molecule has 0 radical (unpaired) electrons. The molecule has 1 aliphatic rings. The Kier molecular flexibility index (Phi) is 3.76. The molecule has 0 amide bonds. The average Bonchev–Trinajstić information content (AvgIpc) is 2.73. The van der Waals surface area contributed by atoms with Gasteiger partial charge in [-0.25, -0.2) is 0 Å². The van der Waals surface area contributed by atoms with E-state index < -0.39 is 0 Å². The number of rotatable bonds is 4. The van der Waals surface area contributed by atoms with Crippen molar-refractivity contribution in [3.63, 3.8) is 0 Å². The van der Waals surface area contributed by atoms with Crippen molar-refractivity contribution in [1.29, 1.82) is 5.41 Å². The second-order valence-corrected chi connectivity index (χ2v) is 4.62. The summed E-state index contributed by atoms with van der Waals surface area (Å²) in [5.41, 5.74) is 6.75. The molecule has 1 saturated heterocycles. The van der Waals surface area contributed by atoms with Gasteiger partial charge in [-0.3, -0.25) is 10.3 Å². The number of nitrogens with zero attached hydrogens (tertiary/aromatic N) is 1. The first-order valence-electron chi connectivity index (χ1n) is 5.96. The zero-order valence-electron chi connectivity index (χ0n) is 9.84. The standard InChI is InChI=1S/C13H19N3O/c14-13(15)12(10-4-2-1-3-5-10)9-16-7-6-11(17)8-16/h1-5,11-12,17H,6-9H2,(H3,14,15). The molecule has 92 valence electrons. The molecule has 4 nitrogen and oxygen atoms in total.